The Hall–Kier alpha value is -1.40. The molecule has 0 radical (unpaired) electrons. The minimum atomic E-state index is -3.18. The molecule has 5 nitrogen and oxygen atoms in total. The van der Waals surface area contributed by atoms with Crippen molar-refractivity contribution < 1.29 is 13.2 Å². The first-order chi connectivity index (χ1) is 11.9. The van der Waals surface area contributed by atoms with Gasteiger partial charge in [0, 0.05) is 24.7 Å². The lowest BCUT2D eigenvalue weighted by Crippen LogP contribution is -2.45. The fourth-order valence-electron chi connectivity index (χ4n) is 4.01. The van der Waals surface area contributed by atoms with Gasteiger partial charge in [0.15, 0.2) is 0 Å². The van der Waals surface area contributed by atoms with Gasteiger partial charge < -0.3 is 4.90 Å². The second kappa shape index (κ2) is 7.87. The van der Waals surface area contributed by atoms with Crippen molar-refractivity contribution in [1.29, 1.82) is 0 Å². The summed E-state index contributed by atoms with van der Waals surface area (Å²) in [6.07, 6.45) is 9.53. The molecular weight excluding hydrogens is 336 g/mol. The number of fused-ring (bicyclic) bond motifs is 1. The summed E-state index contributed by atoms with van der Waals surface area (Å²) in [6, 6.07) is 6.28. The molecule has 1 heterocycles. The van der Waals surface area contributed by atoms with Crippen LogP contribution < -0.4 is 4.72 Å². The third-order valence-electron chi connectivity index (χ3n) is 5.33. The Bertz CT molecular complexity index is 730. The summed E-state index contributed by atoms with van der Waals surface area (Å²) in [5.41, 5.74) is 3.49. The van der Waals surface area contributed by atoms with E-state index in [-0.39, 0.29) is 11.9 Å². The molecule has 1 N–H and O–H groups in total. The maximum absolute atomic E-state index is 13.0. The Labute approximate surface area is 150 Å². The smallest absolute Gasteiger partial charge is 0.254 e. The monoisotopic (exact) mass is 364 g/mol. The van der Waals surface area contributed by atoms with E-state index in [0.29, 0.717) is 13.0 Å². The number of hydrogen-bond donors (Lipinski definition) is 1. The van der Waals surface area contributed by atoms with Gasteiger partial charge in [-0.2, -0.15) is 0 Å². The van der Waals surface area contributed by atoms with Crippen LogP contribution in [-0.4, -0.2) is 44.6 Å². The predicted octanol–water partition coefficient (Wildman–Crippen LogP) is 2.50. The van der Waals surface area contributed by atoms with Crippen molar-refractivity contribution in [2.45, 2.75) is 57.4 Å². The normalized spacial score (nSPS) is 21.0. The first kappa shape index (κ1) is 18.4. The van der Waals surface area contributed by atoms with Crippen LogP contribution >= 0.6 is 0 Å². The minimum Gasteiger partial charge on any atom is -0.336 e. The Morgan fingerprint density at radius 3 is 2.68 bits per heavy atom. The molecule has 1 fully saturated rings. The number of likely N-dealkylation sites (tertiary alicyclic amines) is 1. The maximum Gasteiger partial charge on any atom is 0.254 e. The summed E-state index contributed by atoms with van der Waals surface area (Å²) in [4.78, 5) is 15.0. The number of amides is 1. The summed E-state index contributed by atoms with van der Waals surface area (Å²) in [5.74, 6) is 0.0948. The van der Waals surface area contributed by atoms with Crippen LogP contribution in [0.25, 0.3) is 0 Å². The molecule has 0 bridgehead atoms. The zero-order chi connectivity index (χ0) is 17.9. The highest BCUT2D eigenvalue weighted by Gasteiger charge is 2.27. The van der Waals surface area contributed by atoms with Crippen molar-refractivity contribution in [3.63, 3.8) is 0 Å². The van der Waals surface area contributed by atoms with Crippen LogP contribution in [0.2, 0.25) is 0 Å². The quantitative estimate of drug-likeness (QED) is 0.873. The van der Waals surface area contributed by atoms with Gasteiger partial charge in [0.05, 0.1) is 6.26 Å². The van der Waals surface area contributed by atoms with Crippen molar-refractivity contribution in [3.05, 3.63) is 34.9 Å². The van der Waals surface area contributed by atoms with Gasteiger partial charge in [0.2, 0.25) is 10.0 Å². The minimum absolute atomic E-state index is 0.0948. The molecule has 6 heteroatoms. The first-order valence-electron chi connectivity index (χ1n) is 9.31. The third kappa shape index (κ3) is 4.82. The second-order valence-electron chi connectivity index (χ2n) is 7.29. The van der Waals surface area contributed by atoms with Crippen LogP contribution in [0.15, 0.2) is 18.2 Å². The van der Waals surface area contributed by atoms with Gasteiger partial charge in [-0.25, -0.2) is 13.1 Å². The lowest BCUT2D eigenvalue weighted by atomic mass is 9.90. The topological polar surface area (TPSA) is 66.5 Å². The van der Waals surface area contributed by atoms with Gasteiger partial charge in [-0.3, -0.25) is 4.79 Å². The summed E-state index contributed by atoms with van der Waals surface area (Å²) >= 11 is 0. The Balaban J connectivity index is 1.70. The zero-order valence-electron chi connectivity index (χ0n) is 15.0. The maximum atomic E-state index is 13.0. The first-order valence-corrected chi connectivity index (χ1v) is 11.2. The van der Waals surface area contributed by atoms with E-state index >= 15 is 0 Å². The van der Waals surface area contributed by atoms with E-state index in [1.807, 2.05) is 11.0 Å². The van der Waals surface area contributed by atoms with E-state index in [4.69, 9.17) is 0 Å². The van der Waals surface area contributed by atoms with Crippen LogP contribution in [-0.2, 0) is 22.9 Å². The zero-order valence-corrected chi connectivity index (χ0v) is 15.8. The van der Waals surface area contributed by atoms with Crippen molar-refractivity contribution >= 4 is 15.9 Å². The van der Waals surface area contributed by atoms with E-state index in [1.165, 1.54) is 30.2 Å². The molecule has 2 aliphatic rings. The number of nitrogens with one attached hydrogen (secondary N) is 1. The molecule has 25 heavy (non-hydrogen) atoms. The van der Waals surface area contributed by atoms with Crippen LogP contribution in [0, 0.1) is 0 Å². The third-order valence-corrected chi connectivity index (χ3v) is 6.05. The average molecular weight is 365 g/mol. The van der Waals surface area contributed by atoms with Gasteiger partial charge >= 0.3 is 0 Å². The number of sulfonamides is 1. The average Bonchev–Trinajstić information content (AvgIpc) is 2.60. The van der Waals surface area contributed by atoms with Crippen molar-refractivity contribution in [3.8, 4) is 0 Å². The summed E-state index contributed by atoms with van der Waals surface area (Å²) in [5, 5.41) is 0. The summed E-state index contributed by atoms with van der Waals surface area (Å²) in [6.45, 7) is 1.15. The number of benzene rings is 1. The second-order valence-corrected chi connectivity index (χ2v) is 9.13. The fourth-order valence-corrected chi connectivity index (χ4v) is 4.50. The number of carbonyl (C=O) groups is 1. The SMILES string of the molecule is CS(=O)(=O)NCCC1CCCCN1C(=O)c1ccc2c(c1)CCCC2. The Kier molecular flexibility index (Phi) is 5.79. The van der Waals surface area contributed by atoms with E-state index in [2.05, 4.69) is 16.9 Å². The number of carbonyl (C=O) groups excluding carboxylic acids is 1. The van der Waals surface area contributed by atoms with Crippen LogP contribution in [0.1, 0.15) is 60.0 Å². The lowest BCUT2D eigenvalue weighted by molar-refractivity contribution is 0.0604. The molecule has 1 saturated heterocycles. The molecule has 1 aromatic rings. The standard InChI is InChI=1S/C19H28N2O3S/c1-25(23,24)20-12-11-18-8-4-5-13-21(18)19(22)17-10-9-15-6-2-3-7-16(15)14-17/h9-10,14,18,20H,2-8,11-13H2,1H3. The number of nitrogens with zero attached hydrogens (tertiary/aromatic N) is 1. The number of rotatable bonds is 5. The molecule has 0 aromatic heterocycles. The summed E-state index contributed by atoms with van der Waals surface area (Å²) in [7, 11) is -3.18. The van der Waals surface area contributed by atoms with E-state index in [1.54, 1.807) is 0 Å². The Morgan fingerprint density at radius 1 is 1.16 bits per heavy atom. The number of piperidine rings is 1. The molecule has 0 spiro atoms. The predicted molar refractivity (Wildman–Crippen MR) is 99.2 cm³/mol. The highest BCUT2D eigenvalue weighted by Crippen LogP contribution is 2.25. The molecule has 1 aromatic carbocycles. The van der Waals surface area contributed by atoms with Crippen molar-refractivity contribution in [2.75, 3.05) is 19.3 Å². The van der Waals surface area contributed by atoms with Crippen LogP contribution in [0.5, 0.6) is 0 Å². The molecule has 138 valence electrons. The molecule has 1 unspecified atom stereocenters. The van der Waals surface area contributed by atoms with Gasteiger partial charge in [-0.05, 0) is 74.6 Å². The highest BCUT2D eigenvalue weighted by atomic mass is 32.2. The molecule has 3 rings (SSSR count). The molecule has 1 aliphatic carbocycles. The van der Waals surface area contributed by atoms with E-state index < -0.39 is 10.0 Å². The van der Waals surface area contributed by atoms with Gasteiger partial charge in [-0.1, -0.05) is 6.07 Å². The van der Waals surface area contributed by atoms with Gasteiger partial charge in [0.25, 0.3) is 5.91 Å². The molecule has 1 amide bonds. The van der Waals surface area contributed by atoms with Gasteiger partial charge in [-0.15, -0.1) is 0 Å². The van der Waals surface area contributed by atoms with E-state index in [9.17, 15) is 13.2 Å². The van der Waals surface area contributed by atoms with Crippen molar-refractivity contribution in [2.24, 2.45) is 0 Å². The molecule has 0 saturated carbocycles. The fraction of sp³-hybridized carbons (Fsp3) is 0.632. The van der Waals surface area contributed by atoms with Crippen LogP contribution in [0.4, 0.5) is 0 Å². The lowest BCUT2D eigenvalue weighted by Gasteiger charge is -2.36. The number of hydrogen-bond acceptors (Lipinski definition) is 3. The number of aryl methyl sites for hydroxylation is 2. The van der Waals surface area contributed by atoms with Crippen molar-refractivity contribution in [1.82, 2.24) is 9.62 Å². The largest absolute Gasteiger partial charge is 0.336 e. The molecule has 1 atom stereocenters. The molecular formula is C19H28N2O3S. The van der Waals surface area contributed by atoms with Crippen LogP contribution in [0.3, 0.4) is 0 Å². The van der Waals surface area contributed by atoms with Gasteiger partial charge in [0.1, 0.15) is 0 Å². The highest BCUT2D eigenvalue weighted by molar-refractivity contribution is 7.88. The molecule has 1 aliphatic heterocycles. The van der Waals surface area contributed by atoms with E-state index in [0.717, 1.165) is 44.2 Å². The Morgan fingerprint density at radius 2 is 1.92 bits per heavy atom. The summed E-state index contributed by atoms with van der Waals surface area (Å²) < 4.78 is 25.1.